The van der Waals surface area contributed by atoms with Gasteiger partial charge in [0, 0.05) is 36.3 Å². The molecule has 0 fully saturated rings. The van der Waals surface area contributed by atoms with Crippen molar-refractivity contribution in [2.75, 3.05) is 6.54 Å². The number of fused-ring (bicyclic) bond motifs is 1. The minimum absolute atomic E-state index is 0.0206. The van der Waals surface area contributed by atoms with Crippen LogP contribution in [0.4, 0.5) is 4.79 Å². The Morgan fingerprint density at radius 2 is 2.05 bits per heavy atom. The number of nitrogens with one attached hydrogen (secondary N) is 1. The molecule has 5 heteroatoms. The summed E-state index contributed by atoms with van der Waals surface area (Å²) >= 11 is 0. The van der Waals surface area contributed by atoms with Crippen molar-refractivity contribution in [1.29, 1.82) is 0 Å². The molecule has 5 nitrogen and oxygen atoms in total. The second-order valence-electron chi connectivity index (χ2n) is 5.81. The lowest BCUT2D eigenvalue weighted by molar-refractivity contribution is 0.189. The summed E-state index contributed by atoms with van der Waals surface area (Å²) in [5.74, 6) is 0.749. The lowest BCUT2D eigenvalue weighted by Gasteiger charge is -2.29. The van der Waals surface area contributed by atoms with E-state index in [0.29, 0.717) is 13.1 Å². The van der Waals surface area contributed by atoms with Crippen LogP contribution in [0, 0.1) is 0 Å². The Labute approximate surface area is 130 Å². The second kappa shape index (κ2) is 6.13. The molecule has 0 atom stereocenters. The van der Waals surface area contributed by atoms with Crippen molar-refractivity contribution in [3.05, 3.63) is 47.8 Å². The van der Waals surface area contributed by atoms with Gasteiger partial charge in [0.05, 0.1) is 12.2 Å². The number of hydrogen-bond donors (Lipinski definition) is 1. The van der Waals surface area contributed by atoms with E-state index in [2.05, 4.69) is 15.3 Å². The van der Waals surface area contributed by atoms with Crippen LogP contribution in [0.3, 0.4) is 0 Å². The Balaban J connectivity index is 1.78. The average Bonchev–Trinajstić information content (AvgIpc) is 2.54. The molecule has 0 bridgehead atoms. The van der Waals surface area contributed by atoms with Gasteiger partial charge in [-0.05, 0) is 13.8 Å². The highest BCUT2D eigenvalue weighted by atomic mass is 16.2. The maximum absolute atomic E-state index is 12.1. The molecule has 0 radical (unpaired) electrons. The highest BCUT2D eigenvalue weighted by molar-refractivity contribution is 5.74. The molecular formula is C17H20N4O. The fourth-order valence-electron chi connectivity index (χ4n) is 2.55. The van der Waals surface area contributed by atoms with E-state index in [4.69, 9.17) is 0 Å². The zero-order valence-electron chi connectivity index (χ0n) is 12.9. The third-order valence-corrected chi connectivity index (χ3v) is 3.67. The molecule has 3 rings (SSSR count). The first-order valence-corrected chi connectivity index (χ1v) is 7.59. The van der Waals surface area contributed by atoms with Crippen molar-refractivity contribution in [3.63, 3.8) is 0 Å². The standard InChI is InChI=1S/C17H20N4O/c1-12(2)19-17(22)21-9-8-15-14(11-21)10-18-16(20-15)13-6-4-3-5-7-13/h3-7,10,12H,8-9,11H2,1-2H3,(H,19,22). The van der Waals surface area contributed by atoms with E-state index in [1.807, 2.05) is 55.3 Å². The molecule has 2 amide bonds. The van der Waals surface area contributed by atoms with Gasteiger partial charge in [0.1, 0.15) is 0 Å². The lowest BCUT2D eigenvalue weighted by Crippen LogP contribution is -2.45. The Hall–Kier alpha value is -2.43. The molecule has 1 aromatic carbocycles. The minimum atomic E-state index is -0.0206. The van der Waals surface area contributed by atoms with Gasteiger partial charge in [-0.1, -0.05) is 30.3 Å². The zero-order valence-corrected chi connectivity index (χ0v) is 12.9. The number of nitrogens with zero attached hydrogens (tertiary/aromatic N) is 3. The van der Waals surface area contributed by atoms with Crippen LogP contribution in [0.5, 0.6) is 0 Å². The van der Waals surface area contributed by atoms with Crippen LogP contribution in [0.2, 0.25) is 0 Å². The summed E-state index contributed by atoms with van der Waals surface area (Å²) in [5, 5.41) is 2.93. The minimum Gasteiger partial charge on any atom is -0.336 e. The molecule has 1 aromatic heterocycles. The number of rotatable bonds is 2. The fourth-order valence-corrected chi connectivity index (χ4v) is 2.55. The normalized spacial score (nSPS) is 13.9. The molecule has 0 unspecified atom stereocenters. The third kappa shape index (κ3) is 3.08. The molecule has 0 saturated heterocycles. The predicted octanol–water partition coefficient (Wildman–Crippen LogP) is 2.62. The number of benzene rings is 1. The summed E-state index contributed by atoms with van der Waals surface area (Å²) in [4.78, 5) is 23.0. The van der Waals surface area contributed by atoms with E-state index in [1.165, 1.54) is 0 Å². The number of carbonyl (C=O) groups is 1. The zero-order chi connectivity index (χ0) is 15.5. The van der Waals surface area contributed by atoms with E-state index in [1.54, 1.807) is 0 Å². The molecule has 0 aliphatic carbocycles. The molecule has 1 N–H and O–H groups in total. The number of urea groups is 1. The topological polar surface area (TPSA) is 58.1 Å². The van der Waals surface area contributed by atoms with Crippen LogP contribution in [0.25, 0.3) is 11.4 Å². The van der Waals surface area contributed by atoms with Crippen molar-refractivity contribution >= 4 is 6.03 Å². The van der Waals surface area contributed by atoms with E-state index < -0.39 is 0 Å². The molecule has 1 aliphatic rings. The number of hydrogen-bond acceptors (Lipinski definition) is 3. The largest absolute Gasteiger partial charge is 0.336 e. The average molecular weight is 296 g/mol. The van der Waals surface area contributed by atoms with Crippen molar-refractivity contribution in [1.82, 2.24) is 20.2 Å². The summed E-state index contributed by atoms with van der Waals surface area (Å²) in [6, 6.07) is 10.1. The molecule has 0 spiro atoms. The monoisotopic (exact) mass is 296 g/mol. The first-order chi connectivity index (χ1) is 10.6. The summed E-state index contributed by atoms with van der Waals surface area (Å²) in [6.45, 7) is 5.19. The van der Waals surface area contributed by atoms with Gasteiger partial charge in [-0.25, -0.2) is 14.8 Å². The van der Waals surface area contributed by atoms with Crippen LogP contribution in [0.1, 0.15) is 25.1 Å². The van der Waals surface area contributed by atoms with Crippen molar-refractivity contribution in [2.45, 2.75) is 32.9 Å². The van der Waals surface area contributed by atoms with Crippen LogP contribution >= 0.6 is 0 Å². The van der Waals surface area contributed by atoms with Gasteiger partial charge in [-0.15, -0.1) is 0 Å². The quantitative estimate of drug-likeness (QED) is 0.926. The Morgan fingerprint density at radius 3 is 2.77 bits per heavy atom. The SMILES string of the molecule is CC(C)NC(=O)N1CCc2nc(-c3ccccc3)ncc2C1. The molecule has 22 heavy (non-hydrogen) atoms. The van der Waals surface area contributed by atoms with Crippen LogP contribution < -0.4 is 5.32 Å². The first-order valence-electron chi connectivity index (χ1n) is 7.59. The molecule has 1 aliphatic heterocycles. The van der Waals surface area contributed by atoms with Gasteiger partial charge in [-0.2, -0.15) is 0 Å². The van der Waals surface area contributed by atoms with E-state index >= 15 is 0 Å². The van der Waals surface area contributed by atoms with Crippen LogP contribution in [0.15, 0.2) is 36.5 Å². The maximum atomic E-state index is 12.1. The van der Waals surface area contributed by atoms with Crippen molar-refractivity contribution in [3.8, 4) is 11.4 Å². The Kier molecular flexibility index (Phi) is 4.04. The van der Waals surface area contributed by atoms with Crippen molar-refractivity contribution in [2.24, 2.45) is 0 Å². The Bertz CT molecular complexity index is 670. The van der Waals surface area contributed by atoms with E-state index in [9.17, 15) is 4.79 Å². The van der Waals surface area contributed by atoms with E-state index in [-0.39, 0.29) is 12.1 Å². The Morgan fingerprint density at radius 1 is 1.27 bits per heavy atom. The van der Waals surface area contributed by atoms with Gasteiger partial charge >= 0.3 is 6.03 Å². The number of carbonyl (C=O) groups excluding carboxylic acids is 1. The maximum Gasteiger partial charge on any atom is 0.317 e. The molecule has 0 saturated carbocycles. The number of aromatic nitrogens is 2. The highest BCUT2D eigenvalue weighted by Gasteiger charge is 2.22. The highest BCUT2D eigenvalue weighted by Crippen LogP contribution is 2.20. The van der Waals surface area contributed by atoms with Crippen LogP contribution in [-0.4, -0.2) is 33.5 Å². The predicted molar refractivity (Wildman–Crippen MR) is 85.2 cm³/mol. The fraction of sp³-hybridized carbons (Fsp3) is 0.353. The van der Waals surface area contributed by atoms with Crippen molar-refractivity contribution < 1.29 is 4.79 Å². The van der Waals surface area contributed by atoms with Gasteiger partial charge in [-0.3, -0.25) is 0 Å². The first kappa shape index (κ1) is 14.5. The summed E-state index contributed by atoms with van der Waals surface area (Å²) in [7, 11) is 0. The molecule has 2 aromatic rings. The van der Waals surface area contributed by atoms with Crippen LogP contribution in [-0.2, 0) is 13.0 Å². The lowest BCUT2D eigenvalue weighted by atomic mass is 10.1. The molecule has 114 valence electrons. The van der Waals surface area contributed by atoms with E-state index in [0.717, 1.165) is 29.1 Å². The summed E-state index contributed by atoms with van der Waals surface area (Å²) < 4.78 is 0. The van der Waals surface area contributed by atoms with Gasteiger partial charge in [0.2, 0.25) is 0 Å². The summed E-state index contributed by atoms with van der Waals surface area (Å²) in [6.07, 6.45) is 2.61. The molecule has 2 heterocycles. The summed E-state index contributed by atoms with van der Waals surface area (Å²) in [5.41, 5.74) is 3.09. The van der Waals surface area contributed by atoms with Gasteiger partial charge in [0.15, 0.2) is 5.82 Å². The van der Waals surface area contributed by atoms with Gasteiger partial charge in [0.25, 0.3) is 0 Å². The second-order valence-corrected chi connectivity index (χ2v) is 5.81. The molecular weight excluding hydrogens is 276 g/mol. The van der Waals surface area contributed by atoms with Gasteiger partial charge < -0.3 is 10.2 Å². The number of amides is 2. The third-order valence-electron chi connectivity index (χ3n) is 3.67. The smallest absolute Gasteiger partial charge is 0.317 e.